The lowest BCUT2D eigenvalue weighted by Crippen LogP contribution is -2.62. The second-order valence-corrected chi connectivity index (χ2v) is 4.49. The van der Waals surface area contributed by atoms with Crippen LogP contribution in [-0.2, 0) is 4.79 Å². The van der Waals surface area contributed by atoms with Crippen molar-refractivity contribution in [3.8, 4) is 0 Å². The second-order valence-electron chi connectivity index (χ2n) is 4.49. The summed E-state index contributed by atoms with van der Waals surface area (Å²) in [5.41, 5.74) is 5.35. The number of amides is 1. The van der Waals surface area contributed by atoms with Gasteiger partial charge >= 0.3 is 0 Å². The Morgan fingerprint density at radius 3 is 2.54 bits per heavy atom. The number of carbonyl (C=O) groups is 1. The number of rotatable bonds is 1. The van der Waals surface area contributed by atoms with Crippen molar-refractivity contribution < 1.29 is 4.79 Å². The van der Waals surface area contributed by atoms with Gasteiger partial charge in [0.15, 0.2) is 0 Å². The molecule has 1 fully saturated rings. The Kier molecular flexibility index (Phi) is 2.93. The molecule has 0 aromatic carbocycles. The minimum absolute atomic E-state index is 0.0157. The Morgan fingerprint density at radius 2 is 2.15 bits per heavy atom. The van der Waals surface area contributed by atoms with Gasteiger partial charge in [-0.25, -0.2) is 0 Å². The van der Waals surface area contributed by atoms with E-state index in [-0.39, 0.29) is 17.5 Å². The van der Waals surface area contributed by atoms with E-state index in [0.29, 0.717) is 6.54 Å². The van der Waals surface area contributed by atoms with Crippen LogP contribution in [0.3, 0.4) is 0 Å². The van der Waals surface area contributed by atoms with Gasteiger partial charge in [0.25, 0.3) is 0 Å². The zero-order valence-corrected chi connectivity index (χ0v) is 8.63. The maximum absolute atomic E-state index is 11.2. The molecule has 0 saturated carbocycles. The van der Waals surface area contributed by atoms with Crippen molar-refractivity contribution in [1.29, 1.82) is 0 Å². The summed E-state index contributed by atoms with van der Waals surface area (Å²) < 4.78 is 0. The minimum Gasteiger partial charge on any atom is -0.368 e. The van der Waals surface area contributed by atoms with Crippen LogP contribution in [0, 0.1) is 0 Å². The molecule has 1 aliphatic rings. The number of primary amides is 1. The summed E-state index contributed by atoms with van der Waals surface area (Å²) in [6, 6.07) is -0.159. The minimum atomic E-state index is -0.234. The summed E-state index contributed by atoms with van der Waals surface area (Å²) in [4.78, 5) is 13.3. The average Bonchev–Trinajstić information content (AvgIpc) is 2.03. The van der Waals surface area contributed by atoms with Gasteiger partial charge in [-0.1, -0.05) is 0 Å². The van der Waals surface area contributed by atoms with Gasteiger partial charge in [-0.2, -0.15) is 0 Å². The van der Waals surface area contributed by atoms with Gasteiger partial charge in [0, 0.05) is 25.2 Å². The van der Waals surface area contributed by atoms with E-state index in [4.69, 9.17) is 5.73 Å². The molecule has 13 heavy (non-hydrogen) atoms. The van der Waals surface area contributed by atoms with Crippen LogP contribution in [0.4, 0.5) is 0 Å². The molecular formula is C9H19N3O. The molecular weight excluding hydrogens is 166 g/mol. The number of nitrogens with one attached hydrogen (secondary N) is 1. The highest BCUT2D eigenvalue weighted by Crippen LogP contribution is 2.17. The van der Waals surface area contributed by atoms with Crippen LogP contribution in [0.5, 0.6) is 0 Å². The van der Waals surface area contributed by atoms with Crippen molar-refractivity contribution in [1.82, 2.24) is 10.2 Å². The smallest absolute Gasteiger partial charge is 0.236 e. The molecule has 0 aliphatic carbocycles. The lowest BCUT2D eigenvalue weighted by molar-refractivity contribution is -0.126. The standard InChI is InChI=1S/C9H19N3O/c1-9(2,3)12-5-4-11-6-7(12)8(10)13/h7,11H,4-6H2,1-3H3,(H2,10,13)/t7-/m0/s1. The molecule has 0 radical (unpaired) electrons. The first kappa shape index (κ1) is 10.5. The third kappa shape index (κ3) is 2.42. The maximum Gasteiger partial charge on any atom is 0.236 e. The van der Waals surface area contributed by atoms with E-state index in [1.807, 2.05) is 0 Å². The third-order valence-electron chi connectivity index (χ3n) is 2.43. The summed E-state index contributed by atoms with van der Waals surface area (Å²) in [5, 5.41) is 3.18. The highest BCUT2D eigenvalue weighted by molar-refractivity contribution is 5.80. The molecule has 1 atom stereocenters. The van der Waals surface area contributed by atoms with Gasteiger partial charge in [-0.3, -0.25) is 9.69 Å². The molecule has 76 valence electrons. The number of hydrogen-bond donors (Lipinski definition) is 2. The summed E-state index contributed by atoms with van der Waals surface area (Å²) in [7, 11) is 0. The fourth-order valence-corrected chi connectivity index (χ4v) is 1.76. The lowest BCUT2D eigenvalue weighted by atomic mass is 10.0. The molecule has 1 amide bonds. The monoisotopic (exact) mass is 185 g/mol. The Bertz CT molecular complexity index is 198. The van der Waals surface area contributed by atoms with Crippen molar-refractivity contribution >= 4 is 5.91 Å². The van der Waals surface area contributed by atoms with Crippen molar-refractivity contribution in [2.45, 2.75) is 32.4 Å². The van der Waals surface area contributed by atoms with Gasteiger partial charge in [-0.05, 0) is 20.8 Å². The predicted molar refractivity (Wildman–Crippen MR) is 52.3 cm³/mol. The van der Waals surface area contributed by atoms with Gasteiger partial charge < -0.3 is 11.1 Å². The summed E-state index contributed by atoms with van der Waals surface area (Å²) >= 11 is 0. The Hall–Kier alpha value is -0.610. The molecule has 1 aliphatic heterocycles. The highest BCUT2D eigenvalue weighted by Gasteiger charge is 2.33. The second kappa shape index (κ2) is 3.64. The van der Waals surface area contributed by atoms with Crippen molar-refractivity contribution in [3.05, 3.63) is 0 Å². The van der Waals surface area contributed by atoms with Gasteiger partial charge in [0.1, 0.15) is 6.04 Å². The molecule has 0 aromatic heterocycles. The van der Waals surface area contributed by atoms with Gasteiger partial charge in [0.2, 0.25) is 5.91 Å². The molecule has 4 nitrogen and oxygen atoms in total. The van der Waals surface area contributed by atoms with Crippen molar-refractivity contribution in [2.24, 2.45) is 5.73 Å². The first-order valence-corrected chi connectivity index (χ1v) is 4.69. The quantitative estimate of drug-likeness (QED) is 0.581. The molecule has 1 rings (SSSR count). The molecule has 3 N–H and O–H groups in total. The molecule has 1 saturated heterocycles. The predicted octanol–water partition coefficient (Wildman–Crippen LogP) is -0.456. The van der Waals surface area contributed by atoms with Gasteiger partial charge in [0.05, 0.1) is 0 Å². The Labute approximate surface area is 79.5 Å². The van der Waals surface area contributed by atoms with E-state index in [2.05, 4.69) is 31.0 Å². The van der Waals surface area contributed by atoms with E-state index in [1.165, 1.54) is 0 Å². The van der Waals surface area contributed by atoms with E-state index in [9.17, 15) is 4.79 Å². The summed E-state index contributed by atoms with van der Waals surface area (Å²) in [6.45, 7) is 8.81. The largest absolute Gasteiger partial charge is 0.368 e. The number of hydrogen-bond acceptors (Lipinski definition) is 3. The van der Waals surface area contributed by atoms with E-state index >= 15 is 0 Å². The van der Waals surface area contributed by atoms with Crippen LogP contribution in [0.25, 0.3) is 0 Å². The molecule has 0 aromatic rings. The molecule has 4 heteroatoms. The lowest BCUT2D eigenvalue weighted by Gasteiger charge is -2.43. The number of carbonyl (C=O) groups excluding carboxylic acids is 1. The number of nitrogens with two attached hydrogens (primary N) is 1. The summed E-state index contributed by atoms with van der Waals surface area (Å²) in [6.07, 6.45) is 0. The van der Waals surface area contributed by atoms with E-state index < -0.39 is 0 Å². The van der Waals surface area contributed by atoms with Crippen molar-refractivity contribution in [3.63, 3.8) is 0 Å². The number of nitrogens with zero attached hydrogens (tertiary/aromatic N) is 1. The molecule has 1 heterocycles. The normalized spacial score (nSPS) is 25.9. The zero-order valence-electron chi connectivity index (χ0n) is 8.63. The van der Waals surface area contributed by atoms with Crippen molar-refractivity contribution in [2.75, 3.05) is 19.6 Å². The first-order valence-electron chi connectivity index (χ1n) is 4.69. The van der Waals surface area contributed by atoms with Crippen LogP contribution in [0.1, 0.15) is 20.8 Å². The fraction of sp³-hybridized carbons (Fsp3) is 0.889. The van der Waals surface area contributed by atoms with Crippen LogP contribution in [0.2, 0.25) is 0 Å². The highest BCUT2D eigenvalue weighted by atomic mass is 16.1. The van der Waals surface area contributed by atoms with Gasteiger partial charge in [-0.15, -0.1) is 0 Å². The zero-order chi connectivity index (χ0) is 10.1. The summed E-state index contributed by atoms with van der Waals surface area (Å²) in [5.74, 6) is -0.234. The van der Waals surface area contributed by atoms with Crippen LogP contribution >= 0.6 is 0 Å². The van der Waals surface area contributed by atoms with Crippen LogP contribution < -0.4 is 11.1 Å². The number of piperazine rings is 1. The SMILES string of the molecule is CC(C)(C)N1CCNC[C@H]1C(N)=O. The topological polar surface area (TPSA) is 58.4 Å². The molecule has 0 bridgehead atoms. The van der Waals surface area contributed by atoms with E-state index in [1.54, 1.807) is 0 Å². The first-order chi connectivity index (χ1) is 5.93. The fourth-order valence-electron chi connectivity index (χ4n) is 1.76. The third-order valence-corrected chi connectivity index (χ3v) is 2.43. The molecule has 0 spiro atoms. The maximum atomic E-state index is 11.2. The molecule has 0 unspecified atom stereocenters. The van der Waals surface area contributed by atoms with Crippen LogP contribution in [-0.4, -0.2) is 42.0 Å². The van der Waals surface area contributed by atoms with Crippen LogP contribution in [0.15, 0.2) is 0 Å². The van der Waals surface area contributed by atoms with E-state index in [0.717, 1.165) is 13.1 Å². The average molecular weight is 185 g/mol. The Morgan fingerprint density at radius 1 is 1.54 bits per heavy atom. The Balaban J connectivity index is 2.73.